The highest BCUT2D eigenvalue weighted by Crippen LogP contribution is 2.32. The van der Waals surface area contributed by atoms with E-state index in [-0.39, 0.29) is 6.10 Å². The molecule has 0 aliphatic heterocycles. The highest BCUT2D eigenvalue weighted by atomic mass is 16.3. The predicted octanol–water partition coefficient (Wildman–Crippen LogP) is 0.0490. The average Bonchev–Trinajstić information content (AvgIpc) is 2.73. The van der Waals surface area contributed by atoms with Crippen LogP contribution in [0.2, 0.25) is 0 Å². The van der Waals surface area contributed by atoms with E-state index in [4.69, 9.17) is 0 Å². The number of aromatic nitrogens is 3. The van der Waals surface area contributed by atoms with E-state index in [2.05, 4.69) is 10.2 Å². The molecule has 1 heterocycles. The van der Waals surface area contributed by atoms with Gasteiger partial charge in [-0.2, -0.15) is 0 Å². The first-order valence-corrected chi connectivity index (χ1v) is 3.87. The lowest BCUT2D eigenvalue weighted by Crippen LogP contribution is -2.16. The van der Waals surface area contributed by atoms with Crippen molar-refractivity contribution in [2.75, 3.05) is 0 Å². The van der Waals surface area contributed by atoms with Crippen LogP contribution in [0.5, 0.6) is 0 Å². The van der Waals surface area contributed by atoms with Gasteiger partial charge in [0.05, 0.1) is 12.6 Å². The van der Waals surface area contributed by atoms with Gasteiger partial charge in [-0.15, -0.1) is 10.2 Å². The largest absolute Gasteiger partial charge is 0.391 e. The van der Waals surface area contributed by atoms with Gasteiger partial charge >= 0.3 is 0 Å². The van der Waals surface area contributed by atoms with Crippen molar-refractivity contribution in [3.63, 3.8) is 0 Å². The number of nitrogens with zero attached hydrogens (tertiary/aromatic N) is 3. The fourth-order valence-corrected chi connectivity index (χ4v) is 1.16. The first-order chi connectivity index (χ1) is 5.36. The minimum atomic E-state index is -0.203. The first-order valence-electron chi connectivity index (χ1n) is 3.87. The third-order valence-corrected chi connectivity index (χ3v) is 2.03. The minimum absolute atomic E-state index is 0.203. The van der Waals surface area contributed by atoms with Crippen molar-refractivity contribution >= 4 is 0 Å². The Morgan fingerprint density at radius 2 is 2.09 bits per heavy atom. The molecule has 1 aromatic rings. The molecule has 1 aromatic heterocycles. The van der Waals surface area contributed by atoms with E-state index in [0.717, 1.165) is 0 Å². The molecule has 1 aliphatic rings. The van der Waals surface area contributed by atoms with Crippen LogP contribution >= 0.6 is 0 Å². The van der Waals surface area contributed by atoms with Gasteiger partial charge in [0.1, 0.15) is 12.7 Å². The zero-order chi connectivity index (χ0) is 7.68. The Morgan fingerprint density at radius 1 is 1.45 bits per heavy atom. The number of hydrogen-bond donors (Lipinski definition) is 1. The van der Waals surface area contributed by atoms with Gasteiger partial charge in [0.2, 0.25) is 0 Å². The second kappa shape index (κ2) is 2.62. The zero-order valence-corrected chi connectivity index (χ0v) is 6.22. The van der Waals surface area contributed by atoms with Gasteiger partial charge in [0, 0.05) is 0 Å². The van der Waals surface area contributed by atoms with Gasteiger partial charge in [0.15, 0.2) is 0 Å². The molecule has 0 aromatic carbocycles. The van der Waals surface area contributed by atoms with Crippen LogP contribution in [0.15, 0.2) is 12.7 Å². The van der Waals surface area contributed by atoms with Gasteiger partial charge < -0.3 is 9.67 Å². The zero-order valence-electron chi connectivity index (χ0n) is 6.22. The normalized spacial score (nSPS) is 20.1. The van der Waals surface area contributed by atoms with Gasteiger partial charge in [0.25, 0.3) is 0 Å². The summed E-state index contributed by atoms with van der Waals surface area (Å²) in [6.45, 7) is 0.637. The van der Waals surface area contributed by atoms with Crippen LogP contribution < -0.4 is 0 Å². The topological polar surface area (TPSA) is 50.9 Å². The molecule has 2 rings (SSSR count). The summed E-state index contributed by atoms with van der Waals surface area (Å²) < 4.78 is 1.81. The second-order valence-electron chi connectivity index (χ2n) is 3.06. The van der Waals surface area contributed by atoms with Crippen molar-refractivity contribution in [3.05, 3.63) is 12.7 Å². The fourth-order valence-electron chi connectivity index (χ4n) is 1.16. The van der Waals surface area contributed by atoms with Crippen LogP contribution in [0.3, 0.4) is 0 Å². The van der Waals surface area contributed by atoms with Crippen LogP contribution in [0.25, 0.3) is 0 Å². The molecular weight excluding hydrogens is 142 g/mol. The monoisotopic (exact) mass is 153 g/mol. The molecule has 1 saturated carbocycles. The Morgan fingerprint density at radius 3 is 2.64 bits per heavy atom. The summed E-state index contributed by atoms with van der Waals surface area (Å²) in [6.07, 6.45) is 5.40. The Labute approximate surface area is 64.9 Å². The van der Waals surface area contributed by atoms with Crippen molar-refractivity contribution in [2.45, 2.75) is 25.5 Å². The Hall–Kier alpha value is -0.900. The molecule has 1 atom stereocenters. The number of aliphatic hydroxyl groups is 1. The molecule has 0 saturated heterocycles. The van der Waals surface area contributed by atoms with E-state index in [0.29, 0.717) is 12.5 Å². The molecule has 0 radical (unpaired) electrons. The van der Waals surface area contributed by atoms with Crippen LogP contribution in [0.4, 0.5) is 0 Å². The summed E-state index contributed by atoms with van der Waals surface area (Å²) in [7, 11) is 0. The van der Waals surface area contributed by atoms with Gasteiger partial charge in [-0.3, -0.25) is 0 Å². The Kier molecular flexibility index (Phi) is 1.62. The van der Waals surface area contributed by atoms with Gasteiger partial charge in [-0.05, 0) is 18.8 Å². The second-order valence-corrected chi connectivity index (χ2v) is 3.06. The lowest BCUT2D eigenvalue weighted by molar-refractivity contribution is 0.131. The molecule has 4 nitrogen and oxygen atoms in total. The summed E-state index contributed by atoms with van der Waals surface area (Å²) in [5, 5.41) is 16.8. The molecule has 0 amide bonds. The standard InChI is InChI=1S/C7H11N3O/c11-7(6-1-2-6)3-10-4-8-9-5-10/h4-7,11H,1-3H2. The van der Waals surface area contributed by atoms with Crippen LogP contribution in [-0.4, -0.2) is 26.0 Å². The molecule has 60 valence electrons. The van der Waals surface area contributed by atoms with E-state index in [1.807, 2.05) is 4.57 Å². The first kappa shape index (κ1) is 6.79. The summed E-state index contributed by atoms with van der Waals surface area (Å²) in [6, 6.07) is 0. The molecule has 1 aliphatic carbocycles. The maximum Gasteiger partial charge on any atom is 0.119 e. The maximum absolute atomic E-state index is 9.48. The van der Waals surface area contributed by atoms with Gasteiger partial charge in [-0.1, -0.05) is 0 Å². The Bertz CT molecular complexity index is 218. The van der Waals surface area contributed by atoms with Crippen LogP contribution in [0, 0.1) is 5.92 Å². The van der Waals surface area contributed by atoms with Crippen molar-refractivity contribution < 1.29 is 5.11 Å². The van der Waals surface area contributed by atoms with Crippen molar-refractivity contribution in [2.24, 2.45) is 5.92 Å². The lowest BCUT2D eigenvalue weighted by atomic mass is 10.2. The highest BCUT2D eigenvalue weighted by Gasteiger charge is 2.29. The lowest BCUT2D eigenvalue weighted by Gasteiger charge is -2.07. The van der Waals surface area contributed by atoms with E-state index in [9.17, 15) is 5.11 Å². The Balaban J connectivity index is 1.89. The predicted molar refractivity (Wildman–Crippen MR) is 38.8 cm³/mol. The molecule has 4 heteroatoms. The molecule has 1 N–H and O–H groups in total. The number of rotatable bonds is 3. The minimum Gasteiger partial charge on any atom is -0.391 e. The summed E-state index contributed by atoms with van der Waals surface area (Å²) in [5.74, 6) is 0.525. The summed E-state index contributed by atoms with van der Waals surface area (Å²) in [5.41, 5.74) is 0. The van der Waals surface area contributed by atoms with Crippen molar-refractivity contribution in [1.82, 2.24) is 14.8 Å². The van der Waals surface area contributed by atoms with Gasteiger partial charge in [-0.25, -0.2) is 0 Å². The van der Waals surface area contributed by atoms with Crippen LogP contribution in [-0.2, 0) is 6.54 Å². The van der Waals surface area contributed by atoms with Crippen molar-refractivity contribution in [3.8, 4) is 0 Å². The summed E-state index contributed by atoms with van der Waals surface area (Å²) in [4.78, 5) is 0. The van der Waals surface area contributed by atoms with E-state index in [1.165, 1.54) is 12.8 Å². The highest BCUT2D eigenvalue weighted by molar-refractivity contribution is 4.81. The van der Waals surface area contributed by atoms with E-state index < -0.39 is 0 Å². The summed E-state index contributed by atoms with van der Waals surface area (Å²) >= 11 is 0. The molecular formula is C7H11N3O. The van der Waals surface area contributed by atoms with E-state index >= 15 is 0 Å². The maximum atomic E-state index is 9.48. The number of hydrogen-bond acceptors (Lipinski definition) is 3. The van der Waals surface area contributed by atoms with Crippen molar-refractivity contribution in [1.29, 1.82) is 0 Å². The molecule has 0 bridgehead atoms. The molecule has 0 spiro atoms. The SMILES string of the molecule is OC(Cn1cnnc1)C1CC1. The smallest absolute Gasteiger partial charge is 0.119 e. The molecule has 11 heavy (non-hydrogen) atoms. The fraction of sp³-hybridized carbons (Fsp3) is 0.714. The van der Waals surface area contributed by atoms with E-state index in [1.54, 1.807) is 12.7 Å². The average molecular weight is 153 g/mol. The third kappa shape index (κ3) is 1.57. The molecule has 1 fully saturated rings. The number of aliphatic hydroxyl groups excluding tert-OH is 1. The third-order valence-electron chi connectivity index (χ3n) is 2.03. The van der Waals surface area contributed by atoms with Crippen LogP contribution in [0.1, 0.15) is 12.8 Å². The molecule has 1 unspecified atom stereocenters. The quantitative estimate of drug-likeness (QED) is 0.667.